The van der Waals surface area contributed by atoms with Gasteiger partial charge in [-0.15, -0.1) is 0 Å². The summed E-state index contributed by atoms with van der Waals surface area (Å²) in [6.07, 6.45) is 1.53. The van der Waals surface area contributed by atoms with Crippen molar-refractivity contribution in [2.45, 2.75) is 44.7 Å². The maximum Gasteiger partial charge on any atom is 0.320 e. The third kappa shape index (κ3) is 2.95. The van der Waals surface area contributed by atoms with Crippen molar-refractivity contribution in [1.29, 1.82) is 0 Å². The van der Waals surface area contributed by atoms with Crippen LogP contribution in [-0.2, 0) is 4.79 Å². The highest BCUT2D eigenvalue weighted by Crippen LogP contribution is 2.33. The van der Waals surface area contributed by atoms with Crippen molar-refractivity contribution in [2.24, 2.45) is 0 Å². The van der Waals surface area contributed by atoms with Gasteiger partial charge in [0.05, 0.1) is 0 Å². The van der Waals surface area contributed by atoms with E-state index in [-0.39, 0.29) is 11.9 Å². The number of carbonyl (C=O) groups is 1. The molecule has 3 atom stereocenters. The topological polar surface area (TPSA) is 40.5 Å². The van der Waals surface area contributed by atoms with Gasteiger partial charge in [0.15, 0.2) is 0 Å². The van der Waals surface area contributed by atoms with Crippen LogP contribution >= 0.6 is 0 Å². The summed E-state index contributed by atoms with van der Waals surface area (Å²) in [5, 5.41) is 9.25. The summed E-state index contributed by atoms with van der Waals surface area (Å²) in [5.74, 6) is -0.693. The number of hydrogen-bond acceptors (Lipinski definition) is 2. The van der Waals surface area contributed by atoms with Gasteiger partial charge in [0.2, 0.25) is 0 Å². The zero-order valence-corrected chi connectivity index (χ0v) is 11.3. The quantitative estimate of drug-likeness (QED) is 0.910. The molecule has 1 aliphatic heterocycles. The Balaban J connectivity index is 2.12. The van der Waals surface area contributed by atoms with Gasteiger partial charge in [0.25, 0.3) is 0 Å². The number of nitrogens with zero attached hydrogens (tertiary/aromatic N) is 1. The molecule has 0 radical (unpaired) electrons. The van der Waals surface area contributed by atoms with Crippen LogP contribution in [-0.4, -0.2) is 34.6 Å². The SMILES string of the molecule is CCC(C(=O)O)N1CC(c2ccc(F)cc2)CC1C. The molecular formula is C15H20FNO2. The van der Waals surface area contributed by atoms with Gasteiger partial charge in [-0.2, -0.15) is 0 Å². The van der Waals surface area contributed by atoms with Crippen LogP contribution < -0.4 is 0 Å². The van der Waals surface area contributed by atoms with Crippen LogP contribution in [0.4, 0.5) is 4.39 Å². The van der Waals surface area contributed by atoms with Crippen LogP contribution in [0.1, 0.15) is 38.2 Å². The molecule has 0 bridgehead atoms. The molecule has 0 saturated carbocycles. The number of carboxylic acid groups (broad SMARTS) is 1. The number of likely N-dealkylation sites (tertiary alicyclic amines) is 1. The first kappa shape index (κ1) is 14.0. The van der Waals surface area contributed by atoms with Gasteiger partial charge in [-0.05, 0) is 43.4 Å². The fourth-order valence-electron chi connectivity index (χ4n) is 3.02. The molecule has 104 valence electrons. The van der Waals surface area contributed by atoms with Gasteiger partial charge in [0, 0.05) is 12.6 Å². The maximum absolute atomic E-state index is 12.9. The summed E-state index contributed by atoms with van der Waals surface area (Å²) in [4.78, 5) is 13.3. The molecule has 1 aromatic carbocycles. The Kier molecular flexibility index (Phi) is 4.20. The number of benzene rings is 1. The van der Waals surface area contributed by atoms with E-state index in [2.05, 4.69) is 11.8 Å². The van der Waals surface area contributed by atoms with Crippen LogP contribution in [0.5, 0.6) is 0 Å². The first-order chi connectivity index (χ1) is 9.02. The maximum atomic E-state index is 12.9. The average molecular weight is 265 g/mol. The van der Waals surface area contributed by atoms with Crippen LogP contribution in [0.15, 0.2) is 24.3 Å². The minimum Gasteiger partial charge on any atom is -0.480 e. The normalized spacial score (nSPS) is 25.4. The zero-order valence-electron chi connectivity index (χ0n) is 11.3. The lowest BCUT2D eigenvalue weighted by atomic mass is 9.97. The minimum atomic E-state index is -0.755. The van der Waals surface area contributed by atoms with E-state index in [9.17, 15) is 14.3 Å². The molecule has 1 aromatic rings. The minimum absolute atomic E-state index is 0.233. The zero-order chi connectivity index (χ0) is 14.0. The van der Waals surface area contributed by atoms with E-state index in [4.69, 9.17) is 0 Å². The molecule has 0 spiro atoms. The second-order valence-corrected chi connectivity index (χ2v) is 5.29. The summed E-state index contributed by atoms with van der Waals surface area (Å²) in [5.41, 5.74) is 1.09. The second kappa shape index (κ2) is 5.70. The lowest BCUT2D eigenvalue weighted by Gasteiger charge is -2.27. The Morgan fingerprint density at radius 3 is 2.63 bits per heavy atom. The highest BCUT2D eigenvalue weighted by Gasteiger charge is 2.36. The number of hydrogen-bond donors (Lipinski definition) is 1. The molecule has 3 unspecified atom stereocenters. The van der Waals surface area contributed by atoms with E-state index in [1.807, 2.05) is 6.92 Å². The molecule has 3 nitrogen and oxygen atoms in total. The Morgan fingerprint density at radius 2 is 2.11 bits per heavy atom. The number of halogens is 1. The molecular weight excluding hydrogens is 245 g/mol. The highest BCUT2D eigenvalue weighted by molar-refractivity contribution is 5.73. The Bertz CT molecular complexity index is 446. The summed E-state index contributed by atoms with van der Waals surface area (Å²) >= 11 is 0. The van der Waals surface area contributed by atoms with Gasteiger partial charge >= 0.3 is 5.97 Å². The van der Waals surface area contributed by atoms with Crippen LogP contribution in [0.3, 0.4) is 0 Å². The van der Waals surface area contributed by atoms with Gasteiger partial charge in [-0.25, -0.2) is 4.39 Å². The fraction of sp³-hybridized carbons (Fsp3) is 0.533. The van der Waals surface area contributed by atoms with E-state index in [0.29, 0.717) is 12.3 Å². The predicted octanol–water partition coefficient (Wildman–Crippen LogP) is 2.87. The molecule has 0 amide bonds. The standard InChI is InChI=1S/C15H20FNO2/c1-3-14(15(18)19)17-9-12(8-10(17)2)11-4-6-13(16)7-5-11/h4-7,10,12,14H,3,8-9H2,1-2H3,(H,18,19). The number of aliphatic carboxylic acids is 1. The van der Waals surface area contributed by atoms with E-state index < -0.39 is 12.0 Å². The van der Waals surface area contributed by atoms with E-state index in [0.717, 1.165) is 18.5 Å². The van der Waals surface area contributed by atoms with Crippen molar-refractivity contribution in [2.75, 3.05) is 6.54 Å². The van der Waals surface area contributed by atoms with E-state index in [1.165, 1.54) is 12.1 Å². The average Bonchev–Trinajstić information content (AvgIpc) is 2.73. The third-order valence-corrected chi connectivity index (χ3v) is 4.04. The van der Waals surface area contributed by atoms with Crippen molar-refractivity contribution in [3.8, 4) is 0 Å². The van der Waals surface area contributed by atoms with E-state index in [1.54, 1.807) is 12.1 Å². The van der Waals surface area contributed by atoms with E-state index >= 15 is 0 Å². The predicted molar refractivity (Wildman–Crippen MR) is 71.6 cm³/mol. The Labute approximate surface area is 113 Å². The van der Waals surface area contributed by atoms with Gasteiger partial charge in [-0.1, -0.05) is 19.1 Å². The lowest BCUT2D eigenvalue weighted by molar-refractivity contribution is -0.143. The van der Waals surface area contributed by atoms with Crippen LogP contribution in [0.2, 0.25) is 0 Å². The van der Waals surface area contributed by atoms with Gasteiger partial charge < -0.3 is 5.11 Å². The summed E-state index contributed by atoms with van der Waals surface area (Å²) < 4.78 is 12.9. The monoisotopic (exact) mass is 265 g/mol. The van der Waals surface area contributed by atoms with Crippen molar-refractivity contribution < 1.29 is 14.3 Å². The highest BCUT2D eigenvalue weighted by atomic mass is 19.1. The Hall–Kier alpha value is -1.42. The number of rotatable bonds is 4. The molecule has 4 heteroatoms. The molecule has 1 N–H and O–H groups in total. The smallest absolute Gasteiger partial charge is 0.320 e. The van der Waals surface area contributed by atoms with Crippen molar-refractivity contribution >= 4 is 5.97 Å². The summed E-state index contributed by atoms with van der Waals surface area (Å²) in [7, 11) is 0. The van der Waals surface area contributed by atoms with Crippen molar-refractivity contribution in [3.05, 3.63) is 35.6 Å². The summed E-state index contributed by atoms with van der Waals surface area (Å²) in [6, 6.07) is 6.38. The number of carboxylic acids is 1. The molecule has 1 heterocycles. The van der Waals surface area contributed by atoms with Crippen LogP contribution in [0, 0.1) is 5.82 Å². The second-order valence-electron chi connectivity index (χ2n) is 5.29. The van der Waals surface area contributed by atoms with Crippen LogP contribution in [0.25, 0.3) is 0 Å². The molecule has 0 aromatic heterocycles. The Morgan fingerprint density at radius 1 is 1.47 bits per heavy atom. The molecule has 0 aliphatic carbocycles. The van der Waals surface area contributed by atoms with Gasteiger partial charge in [-0.3, -0.25) is 9.69 Å². The molecule has 19 heavy (non-hydrogen) atoms. The molecule has 1 fully saturated rings. The first-order valence-electron chi connectivity index (χ1n) is 6.77. The van der Waals surface area contributed by atoms with Crippen molar-refractivity contribution in [3.63, 3.8) is 0 Å². The molecule has 1 saturated heterocycles. The third-order valence-electron chi connectivity index (χ3n) is 4.04. The lowest BCUT2D eigenvalue weighted by Crippen LogP contribution is -2.42. The van der Waals surface area contributed by atoms with Crippen molar-refractivity contribution in [1.82, 2.24) is 4.90 Å². The first-order valence-corrected chi connectivity index (χ1v) is 6.77. The largest absolute Gasteiger partial charge is 0.480 e. The molecule has 1 aliphatic rings. The fourth-order valence-corrected chi connectivity index (χ4v) is 3.02. The summed E-state index contributed by atoms with van der Waals surface area (Å²) in [6.45, 7) is 4.70. The molecule has 2 rings (SSSR count). The van der Waals surface area contributed by atoms with Gasteiger partial charge in [0.1, 0.15) is 11.9 Å².